The van der Waals surface area contributed by atoms with Gasteiger partial charge in [-0.05, 0) is 73.2 Å². The number of nitriles is 2. The molecule has 2 aromatic heterocycles. The van der Waals surface area contributed by atoms with Crippen molar-refractivity contribution < 1.29 is 0 Å². The quantitative estimate of drug-likeness (QED) is 0.222. The van der Waals surface area contributed by atoms with Crippen molar-refractivity contribution in [2.75, 3.05) is 0 Å². The highest BCUT2D eigenvalue weighted by molar-refractivity contribution is 6.12. The van der Waals surface area contributed by atoms with E-state index in [0.29, 0.717) is 11.1 Å². The first-order chi connectivity index (χ1) is 19.4. The van der Waals surface area contributed by atoms with Gasteiger partial charge in [-0.2, -0.15) is 10.5 Å². The maximum atomic E-state index is 10.8. The van der Waals surface area contributed by atoms with Gasteiger partial charge in [0.1, 0.15) is 12.1 Å². The Morgan fingerprint density at radius 3 is 2.10 bits per heavy atom. The van der Waals surface area contributed by atoms with Gasteiger partial charge in [-0.3, -0.25) is 0 Å². The summed E-state index contributed by atoms with van der Waals surface area (Å²) in [6.07, 6.45) is 6.42. The fourth-order valence-corrected chi connectivity index (χ4v) is 7.61. The summed E-state index contributed by atoms with van der Waals surface area (Å²) >= 11 is 0. The molecule has 0 fully saturated rings. The van der Waals surface area contributed by atoms with Crippen LogP contribution in [0.25, 0.3) is 44.8 Å². The van der Waals surface area contributed by atoms with E-state index < -0.39 is 0 Å². The molecule has 2 unspecified atom stereocenters. The Bertz CT molecular complexity index is 2100. The highest BCUT2D eigenvalue weighted by Gasteiger charge is 2.41. The Morgan fingerprint density at radius 1 is 0.775 bits per heavy atom. The molecule has 4 nitrogen and oxygen atoms in total. The van der Waals surface area contributed by atoms with Gasteiger partial charge >= 0.3 is 0 Å². The number of benzene rings is 3. The van der Waals surface area contributed by atoms with Crippen LogP contribution in [0.3, 0.4) is 0 Å². The van der Waals surface area contributed by atoms with Crippen LogP contribution in [0.1, 0.15) is 89.9 Å². The number of allylic oxidation sites excluding steroid dienone is 3. The van der Waals surface area contributed by atoms with Crippen LogP contribution in [0.2, 0.25) is 0 Å². The molecule has 2 aliphatic rings. The molecular formula is C36H30N4. The number of para-hydroxylation sites is 2. The Labute approximate surface area is 234 Å². The Hall–Kier alpha value is -4.80. The van der Waals surface area contributed by atoms with Crippen LogP contribution in [-0.4, -0.2) is 9.13 Å². The Morgan fingerprint density at radius 2 is 1.43 bits per heavy atom. The number of aromatic nitrogens is 2. The second kappa shape index (κ2) is 8.35. The van der Waals surface area contributed by atoms with Gasteiger partial charge < -0.3 is 9.13 Å². The topological polar surface area (TPSA) is 57.4 Å². The lowest BCUT2D eigenvalue weighted by Gasteiger charge is -2.37. The summed E-state index contributed by atoms with van der Waals surface area (Å²) in [4.78, 5) is 0. The van der Waals surface area contributed by atoms with Gasteiger partial charge in [-0.15, -0.1) is 0 Å². The summed E-state index contributed by atoms with van der Waals surface area (Å²) in [7, 11) is 0. The summed E-state index contributed by atoms with van der Waals surface area (Å²) in [6.45, 7) is 13.0. The standard InChI is InChI=1S/C36H30N4/c1-7-12-29-19(3)20(4)33-23(8-2)21(5)31-32-22(6)24-14-11-15-26-25-13-9-10-16-30(25)40(34(24)26)36(32)28(18-38)27(17-37)35(31)39(29)33/h7-16,21-22H,1-6H3. The van der Waals surface area contributed by atoms with Crippen LogP contribution in [-0.2, 0) is 0 Å². The third-order valence-corrected chi connectivity index (χ3v) is 9.40. The fourth-order valence-electron chi connectivity index (χ4n) is 7.61. The fraction of sp³-hybridized carbons (Fsp3) is 0.222. The van der Waals surface area contributed by atoms with Crippen LogP contribution in [0.4, 0.5) is 0 Å². The number of rotatable bonds is 1. The highest BCUT2D eigenvalue weighted by atomic mass is 15.0. The largest absolute Gasteiger partial charge is 0.308 e. The van der Waals surface area contributed by atoms with Crippen molar-refractivity contribution >= 4 is 33.5 Å². The minimum atomic E-state index is 0.0501. The normalized spacial score (nSPS) is 18.1. The van der Waals surface area contributed by atoms with E-state index in [4.69, 9.17) is 0 Å². The Balaban J connectivity index is 1.78. The van der Waals surface area contributed by atoms with E-state index in [2.05, 4.69) is 117 Å². The van der Waals surface area contributed by atoms with E-state index in [9.17, 15) is 10.5 Å². The number of fused-ring (bicyclic) bond motifs is 9. The molecule has 40 heavy (non-hydrogen) atoms. The molecule has 4 heteroatoms. The van der Waals surface area contributed by atoms with Crippen LogP contribution in [0.5, 0.6) is 0 Å². The average molecular weight is 519 g/mol. The number of hydrogen-bond acceptors (Lipinski definition) is 2. The molecule has 0 saturated heterocycles. The lowest BCUT2D eigenvalue weighted by Crippen LogP contribution is -2.25. The molecule has 4 heterocycles. The maximum absolute atomic E-state index is 10.8. The van der Waals surface area contributed by atoms with Crippen molar-refractivity contribution in [1.29, 1.82) is 10.5 Å². The maximum Gasteiger partial charge on any atom is 0.103 e. The molecule has 5 aromatic rings. The molecule has 0 radical (unpaired) electrons. The van der Waals surface area contributed by atoms with Gasteiger partial charge in [0.2, 0.25) is 0 Å². The lowest BCUT2D eigenvalue weighted by molar-refractivity contribution is 0.797. The molecule has 2 aliphatic heterocycles. The number of hydrogen-bond donors (Lipinski definition) is 0. The summed E-state index contributed by atoms with van der Waals surface area (Å²) in [5.74, 6) is 0.103. The first-order valence-corrected chi connectivity index (χ1v) is 14.0. The molecule has 0 aliphatic carbocycles. The van der Waals surface area contributed by atoms with Crippen molar-refractivity contribution in [3.05, 3.63) is 105 Å². The number of nitrogens with zero attached hydrogens (tertiary/aromatic N) is 4. The predicted octanol–water partition coefficient (Wildman–Crippen LogP) is 8.95. The zero-order valence-corrected chi connectivity index (χ0v) is 23.7. The Kier molecular flexibility index (Phi) is 5.06. The van der Waals surface area contributed by atoms with Gasteiger partial charge in [-0.25, -0.2) is 0 Å². The molecule has 0 N–H and O–H groups in total. The minimum Gasteiger partial charge on any atom is -0.308 e. The molecule has 0 amide bonds. The first-order valence-electron chi connectivity index (χ1n) is 14.0. The monoisotopic (exact) mass is 518 g/mol. The van der Waals surface area contributed by atoms with E-state index in [1.165, 1.54) is 27.6 Å². The molecular weight excluding hydrogens is 488 g/mol. The summed E-state index contributed by atoms with van der Waals surface area (Å²) < 4.78 is 4.54. The first kappa shape index (κ1) is 24.3. The van der Waals surface area contributed by atoms with Crippen molar-refractivity contribution in [1.82, 2.24) is 9.13 Å². The van der Waals surface area contributed by atoms with E-state index in [-0.39, 0.29) is 11.8 Å². The predicted molar refractivity (Wildman–Crippen MR) is 163 cm³/mol. The van der Waals surface area contributed by atoms with E-state index in [1.807, 2.05) is 6.92 Å². The summed E-state index contributed by atoms with van der Waals surface area (Å²) in [6, 6.07) is 20.0. The second-order valence-electron chi connectivity index (χ2n) is 11.1. The zero-order valence-electron chi connectivity index (χ0n) is 23.7. The van der Waals surface area contributed by atoms with Gasteiger partial charge in [0.05, 0.1) is 39.2 Å². The SMILES string of the molecule is CC=Cc1c(C)c(C)c2n1-c1c(C#N)c(C#N)c3c(c1C(C)C2=CC)C(C)c1cccc2c4ccccc4n-3c12. The van der Waals surface area contributed by atoms with Crippen LogP contribution < -0.4 is 0 Å². The molecule has 3 aromatic carbocycles. The minimum absolute atomic E-state index is 0.0501. The summed E-state index contributed by atoms with van der Waals surface area (Å²) in [5, 5.41) is 23.9. The average Bonchev–Trinajstić information content (AvgIpc) is 3.43. The van der Waals surface area contributed by atoms with Gasteiger partial charge in [0.15, 0.2) is 0 Å². The second-order valence-corrected chi connectivity index (χ2v) is 11.1. The van der Waals surface area contributed by atoms with Crippen molar-refractivity contribution in [2.45, 2.75) is 53.4 Å². The zero-order chi connectivity index (χ0) is 28.0. The van der Waals surface area contributed by atoms with Crippen molar-refractivity contribution in [2.24, 2.45) is 0 Å². The third kappa shape index (κ3) is 2.69. The molecule has 2 atom stereocenters. The lowest BCUT2D eigenvalue weighted by atomic mass is 9.74. The molecule has 0 saturated carbocycles. The molecule has 0 bridgehead atoms. The third-order valence-electron chi connectivity index (χ3n) is 9.40. The van der Waals surface area contributed by atoms with E-state index in [0.717, 1.165) is 50.3 Å². The van der Waals surface area contributed by atoms with Crippen LogP contribution in [0, 0.1) is 36.5 Å². The van der Waals surface area contributed by atoms with Gasteiger partial charge in [-0.1, -0.05) is 62.4 Å². The van der Waals surface area contributed by atoms with Gasteiger partial charge in [0, 0.05) is 28.3 Å². The van der Waals surface area contributed by atoms with E-state index in [1.54, 1.807) is 0 Å². The molecule has 194 valence electrons. The van der Waals surface area contributed by atoms with Crippen molar-refractivity contribution in [3.63, 3.8) is 0 Å². The van der Waals surface area contributed by atoms with Crippen molar-refractivity contribution in [3.8, 4) is 23.5 Å². The smallest absolute Gasteiger partial charge is 0.103 e. The molecule has 0 spiro atoms. The highest BCUT2D eigenvalue weighted by Crippen LogP contribution is 2.55. The summed E-state index contributed by atoms with van der Waals surface area (Å²) in [5.41, 5.74) is 14.3. The van der Waals surface area contributed by atoms with Gasteiger partial charge in [0.25, 0.3) is 0 Å². The molecule has 7 rings (SSSR count). The van der Waals surface area contributed by atoms with Crippen LogP contribution >= 0.6 is 0 Å². The van der Waals surface area contributed by atoms with E-state index >= 15 is 0 Å². The van der Waals surface area contributed by atoms with Crippen LogP contribution in [0.15, 0.2) is 54.6 Å².